The average molecular weight is 509 g/mol. The van der Waals surface area contributed by atoms with Crippen LogP contribution >= 0.6 is 0 Å². The number of halogens is 4. The molecule has 0 spiro atoms. The van der Waals surface area contributed by atoms with Crippen LogP contribution in [0.1, 0.15) is 88.2 Å². The van der Waals surface area contributed by atoms with Gasteiger partial charge in [0, 0.05) is 0 Å². The predicted molar refractivity (Wildman–Crippen MR) is 130 cm³/mol. The summed E-state index contributed by atoms with van der Waals surface area (Å²) in [6.07, 6.45) is 5.64. The number of hydrogen-bond acceptors (Lipinski definition) is 3. The number of hydrogen-bond donors (Lipinski definition) is 1. The van der Waals surface area contributed by atoms with E-state index in [2.05, 4.69) is 0 Å². The summed E-state index contributed by atoms with van der Waals surface area (Å²) in [4.78, 5) is 0. The van der Waals surface area contributed by atoms with Gasteiger partial charge in [0.15, 0.2) is 23.1 Å². The Labute approximate surface area is 210 Å². The highest BCUT2D eigenvalue weighted by Gasteiger charge is 2.31. The number of benzene rings is 2. The van der Waals surface area contributed by atoms with E-state index in [1.807, 2.05) is 0 Å². The Morgan fingerprint density at radius 3 is 1.67 bits per heavy atom. The summed E-state index contributed by atoms with van der Waals surface area (Å²) in [7, 11) is 0. The third-order valence-electron chi connectivity index (χ3n) is 8.11. The quantitative estimate of drug-likeness (QED) is 0.372. The van der Waals surface area contributed by atoms with E-state index in [1.54, 1.807) is 26.0 Å². The van der Waals surface area contributed by atoms with Crippen LogP contribution in [0.5, 0.6) is 11.5 Å². The summed E-state index contributed by atoms with van der Waals surface area (Å²) >= 11 is 0. The molecule has 2 aromatic carbocycles. The van der Waals surface area contributed by atoms with Crippen LogP contribution < -0.4 is 9.47 Å². The maximum absolute atomic E-state index is 15.1. The second-order valence-corrected chi connectivity index (χ2v) is 10.4. The van der Waals surface area contributed by atoms with Crippen molar-refractivity contribution in [3.63, 3.8) is 0 Å². The van der Waals surface area contributed by atoms with Gasteiger partial charge in [0.25, 0.3) is 0 Å². The molecule has 1 atom stereocenters. The van der Waals surface area contributed by atoms with Crippen molar-refractivity contribution in [3.8, 4) is 11.5 Å². The lowest BCUT2D eigenvalue weighted by molar-refractivity contribution is 0.0963. The van der Waals surface area contributed by atoms with Gasteiger partial charge < -0.3 is 14.6 Å². The normalized spacial score (nSPS) is 25.4. The van der Waals surface area contributed by atoms with E-state index in [1.165, 1.54) is 12.1 Å². The van der Waals surface area contributed by atoms with Crippen molar-refractivity contribution in [1.29, 1.82) is 0 Å². The van der Waals surface area contributed by atoms with Crippen molar-refractivity contribution in [1.82, 2.24) is 0 Å². The zero-order chi connectivity index (χ0) is 25.8. The highest BCUT2D eigenvalue weighted by Crippen LogP contribution is 2.42. The summed E-state index contributed by atoms with van der Waals surface area (Å²) in [5.74, 6) is -3.60. The summed E-state index contributed by atoms with van der Waals surface area (Å²) < 4.78 is 69.1. The third-order valence-corrected chi connectivity index (χ3v) is 8.11. The van der Waals surface area contributed by atoms with E-state index in [0.717, 1.165) is 38.5 Å². The Hall–Kier alpha value is -2.28. The fraction of sp³-hybridized carbons (Fsp3) is 0.586. The van der Waals surface area contributed by atoms with Gasteiger partial charge in [-0.2, -0.15) is 8.78 Å². The van der Waals surface area contributed by atoms with Crippen LogP contribution in [0.15, 0.2) is 24.3 Å². The molecule has 2 aromatic rings. The number of aliphatic hydroxyl groups excluding tert-OH is 1. The minimum atomic E-state index is -1.06. The molecule has 2 aliphatic carbocycles. The minimum Gasteiger partial charge on any atom is -0.491 e. The standard InChI is InChI=1S/C29H36F4O3/c1-3-35-24-14-15-25(29(33)28(24)32)36-16-18-4-6-20(7-5-18)22-12-13-23(27(31)26(22)30)21-10-8-19(9-11-21)17(2)34/h12-15,17-21,34H,3-11,16H2,1-2H3. The maximum atomic E-state index is 15.1. The largest absolute Gasteiger partial charge is 0.491 e. The summed E-state index contributed by atoms with van der Waals surface area (Å²) in [6, 6.07) is 6.22. The molecule has 0 amide bonds. The first-order valence-electron chi connectivity index (χ1n) is 13.2. The Kier molecular flexibility index (Phi) is 8.81. The number of aliphatic hydroxyl groups is 1. The van der Waals surface area contributed by atoms with Crippen molar-refractivity contribution in [3.05, 3.63) is 58.7 Å². The molecule has 1 N–H and O–H groups in total. The summed E-state index contributed by atoms with van der Waals surface area (Å²) in [6.45, 7) is 3.96. The van der Waals surface area contributed by atoms with Crippen LogP contribution in [0.3, 0.4) is 0 Å². The molecule has 1 unspecified atom stereocenters. The van der Waals surface area contributed by atoms with E-state index in [9.17, 15) is 13.9 Å². The molecule has 7 heteroatoms. The van der Waals surface area contributed by atoms with Gasteiger partial charge in [-0.15, -0.1) is 0 Å². The van der Waals surface area contributed by atoms with E-state index < -0.39 is 23.3 Å². The fourth-order valence-electron chi connectivity index (χ4n) is 5.86. The maximum Gasteiger partial charge on any atom is 0.204 e. The molecule has 0 aliphatic heterocycles. The van der Waals surface area contributed by atoms with Crippen LogP contribution in [-0.2, 0) is 0 Å². The average Bonchev–Trinajstić information content (AvgIpc) is 2.88. The molecule has 36 heavy (non-hydrogen) atoms. The molecule has 0 heterocycles. The number of ether oxygens (including phenoxy) is 2. The Morgan fingerprint density at radius 2 is 1.19 bits per heavy atom. The lowest BCUT2D eigenvalue weighted by Gasteiger charge is -2.32. The van der Waals surface area contributed by atoms with Gasteiger partial charge in [0.05, 0.1) is 19.3 Å². The molecule has 0 saturated heterocycles. The van der Waals surface area contributed by atoms with Crippen molar-refractivity contribution in [2.24, 2.45) is 11.8 Å². The van der Waals surface area contributed by atoms with Gasteiger partial charge in [-0.25, -0.2) is 8.78 Å². The lowest BCUT2D eigenvalue weighted by atomic mass is 9.75. The Morgan fingerprint density at radius 1 is 0.722 bits per heavy atom. The molecule has 0 radical (unpaired) electrons. The second kappa shape index (κ2) is 11.8. The van der Waals surface area contributed by atoms with Crippen LogP contribution in [0.4, 0.5) is 17.6 Å². The first-order chi connectivity index (χ1) is 17.3. The van der Waals surface area contributed by atoms with Crippen LogP contribution in [-0.4, -0.2) is 24.4 Å². The Balaban J connectivity index is 1.32. The van der Waals surface area contributed by atoms with Gasteiger partial charge in [-0.05, 0) is 112 Å². The minimum absolute atomic E-state index is 0.00994. The molecule has 2 fully saturated rings. The topological polar surface area (TPSA) is 38.7 Å². The third kappa shape index (κ3) is 5.82. The van der Waals surface area contributed by atoms with Gasteiger partial charge in [-0.3, -0.25) is 0 Å². The van der Waals surface area contributed by atoms with E-state index in [0.29, 0.717) is 24.0 Å². The van der Waals surface area contributed by atoms with Crippen molar-refractivity contribution >= 4 is 0 Å². The van der Waals surface area contributed by atoms with Crippen LogP contribution in [0.25, 0.3) is 0 Å². The van der Waals surface area contributed by atoms with E-state index in [4.69, 9.17) is 9.47 Å². The zero-order valence-electron chi connectivity index (χ0n) is 21.0. The predicted octanol–water partition coefficient (Wildman–Crippen LogP) is 7.65. The highest BCUT2D eigenvalue weighted by atomic mass is 19.2. The number of rotatable bonds is 8. The van der Waals surface area contributed by atoms with E-state index in [-0.39, 0.29) is 54.5 Å². The van der Waals surface area contributed by atoms with Gasteiger partial charge in [0.2, 0.25) is 11.6 Å². The highest BCUT2D eigenvalue weighted by molar-refractivity contribution is 5.35. The molecular weight excluding hydrogens is 472 g/mol. The molecule has 0 bridgehead atoms. The molecule has 4 rings (SSSR count). The van der Waals surface area contributed by atoms with Crippen molar-refractivity contribution in [2.45, 2.75) is 83.2 Å². The molecular formula is C29H36F4O3. The van der Waals surface area contributed by atoms with Crippen molar-refractivity contribution < 1.29 is 32.1 Å². The fourth-order valence-corrected chi connectivity index (χ4v) is 5.86. The SMILES string of the molecule is CCOc1ccc(OCC2CCC(c3ccc(C4CCC(C(C)O)CC4)c(F)c3F)CC2)c(F)c1F. The first-order valence-corrected chi connectivity index (χ1v) is 13.2. The smallest absolute Gasteiger partial charge is 0.204 e. The zero-order valence-corrected chi connectivity index (χ0v) is 21.0. The lowest BCUT2D eigenvalue weighted by Crippen LogP contribution is -2.23. The molecule has 0 aromatic heterocycles. The summed E-state index contributed by atoms with van der Waals surface area (Å²) in [5, 5.41) is 9.80. The molecule has 3 nitrogen and oxygen atoms in total. The first kappa shape index (κ1) is 26.8. The van der Waals surface area contributed by atoms with Crippen molar-refractivity contribution in [2.75, 3.05) is 13.2 Å². The second-order valence-electron chi connectivity index (χ2n) is 10.4. The molecule has 2 saturated carbocycles. The molecule has 2 aliphatic rings. The Bertz CT molecular complexity index is 1030. The van der Waals surface area contributed by atoms with Crippen LogP contribution in [0, 0.1) is 35.1 Å². The van der Waals surface area contributed by atoms with Gasteiger partial charge >= 0.3 is 0 Å². The monoisotopic (exact) mass is 508 g/mol. The van der Waals surface area contributed by atoms with Crippen LogP contribution in [0.2, 0.25) is 0 Å². The summed E-state index contributed by atoms with van der Waals surface area (Å²) in [5.41, 5.74) is 0.875. The van der Waals surface area contributed by atoms with E-state index >= 15 is 8.78 Å². The van der Waals surface area contributed by atoms with Gasteiger partial charge in [-0.1, -0.05) is 12.1 Å². The molecule has 198 valence electrons. The van der Waals surface area contributed by atoms with Gasteiger partial charge in [0.1, 0.15) is 0 Å².